The van der Waals surface area contributed by atoms with Crippen molar-refractivity contribution in [1.82, 2.24) is 5.32 Å². The minimum atomic E-state index is -0.138. The van der Waals surface area contributed by atoms with Crippen molar-refractivity contribution in [3.05, 3.63) is 53.6 Å². The Labute approximate surface area is 191 Å². The van der Waals surface area contributed by atoms with Crippen molar-refractivity contribution in [2.24, 2.45) is 0 Å². The number of benzene rings is 2. The highest BCUT2D eigenvalue weighted by Crippen LogP contribution is 2.28. The molecule has 0 bridgehead atoms. The van der Waals surface area contributed by atoms with E-state index < -0.39 is 0 Å². The van der Waals surface area contributed by atoms with Gasteiger partial charge < -0.3 is 19.5 Å². The molecular weight excluding hydrogens is 406 g/mol. The van der Waals surface area contributed by atoms with E-state index in [1.54, 1.807) is 44.6 Å². The summed E-state index contributed by atoms with van der Waals surface area (Å²) in [6.45, 7) is 2.52. The van der Waals surface area contributed by atoms with E-state index in [2.05, 4.69) is 12.2 Å². The van der Waals surface area contributed by atoms with Crippen molar-refractivity contribution in [2.45, 2.75) is 58.4 Å². The maximum absolute atomic E-state index is 12.4. The molecule has 2 aromatic rings. The Morgan fingerprint density at radius 1 is 0.844 bits per heavy atom. The Kier molecular flexibility index (Phi) is 11.1. The predicted octanol–water partition coefficient (Wildman–Crippen LogP) is 5.33. The molecule has 0 atom stereocenters. The minimum Gasteiger partial charge on any atom is -0.497 e. The smallest absolute Gasteiger partial charge is 0.220 e. The van der Waals surface area contributed by atoms with Crippen molar-refractivity contribution in [2.75, 3.05) is 20.8 Å². The van der Waals surface area contributed by atoms with Crippen LogP contribution in [0.25, 0.3) is 0 Å². The van der Waals surface area contributed by atoms with E-state index in [0.29, 0.717) is 35.8 Å². The van der Waals surface area contributed by atoms with Crippen LogP contribution >= 0.6 is 0 Å². The molecule has 1 N–H and O–H groups in total. The molecule has 174 valence electrons. The molecule has 32 heavy (non-hydrogen) atoms. The summed E-state index contributed by atoms with van der Waals surface area (Å²) >= 11 is 0. The second-order valence-corrected chi connectivity index (χ2v) is 7.72. The third-order valence-corrected chi connectivity index (χ3v) is 5.25. The Morgan fingerprint density at radius 3 is 2.25 bits per heavy atom. The second kappa shape index (κ2) is 14.1. The Bertz CT molecular complexity index is 848. The zero-order valence-corrected chi connectivity index (χ0v) is 19.4. The van der Waals surface area contributed by atoms with Gasteiger partial charge in [0.2, 0.25) is 5.91 Å². The van der Waals surface area contributed by atoms with Gasteiger partial charge in [-0.15, -0.1) is 0 Å². The molecule has 1 amide bonds. The molecule has 2 aromatic carbocycles. The van der Waals surface area contributed by atoms with Gasteiger partial charge in [-0.05, 0) is 48.4 Å². The highest BCUT2D eigenvalue weighted by molar-refractivity contribution is 5.97. The molecule has 0 aliphatic carbocycles. The van der Waals surface area contributed by atoms with Gasteiger partial charge in [0.25, 0.3) is 0 Å². The molecule has 0 heterocycles. The maximum atomic E-state index is 12.4. The first-order valence-electron chi connectivity index (χ1n) is 11.3. The number of hydrogen-bond donors (Lipinski definition) is 1. The molecule has 0 unspecified atom stereocenters. The van der Waals surface area contributed by atoms with Crippen LogP contribution in [0.4, 0.5) is 0 Å². The molecule has 0 saturated heterocycles. The first-order chi connectivity index (χ1) is 15.6. The number of Topliss-reactive ketones (excluding diaryl/α,β-unsaturated/α-hetero) is 1. The SMILES string of the molecule is CCCCCCCCC(=O)NCc1ccc(OCC(=O)c2ccc(OC)cc2)c(OC)c1. The van der Waals surface area contributed by atoms with Gasteiger partial charge in [0.1, 0.15) is 5.75 Å². The van der Waals surface area contributed by atoms with Crippen LogP contribution in [0, 0.1) is 0 Å². The fourth-order valence-electron chi connectivity index (χ4n) is 3.30. The van der Waals surface area contributed by atoms with Crippen molar-refractivity contribution in [3.8, 4) is 17.2 Å². The summed E-state index contributed by atoms with van der Waals surface area (Å²) in [6, 6.07) is 12.3. The second-order valence-electron chi connectivity index (χ2n) is 7.72. The normalized spacial score (nSPS) is 10.5. The molecule has 0 spiro atoms. The van der Waals surface area contributed by atoms with Crippen LogP contribution < -0.4 is 19.5 Å². The third kappa shape index (κ3) is 8.61. The fourth-order valence-corrected chi connectivity index (χ4v) is 3.30. The zero-order chi connectivity index (χ0) is 23.2. The first-order valence-corrected chi connectivity index (χ1v) is 11.3. The van der Waals surface area contributed by atoms with Gasteiger partial charge in [0.15, 0.2) is 23.9 Å². The number of carbonyl (C=O) groups excluding carboxylic acids is 2. The topological polar surface area (TPSA) is 73.9 Å². The van der Waals surface area contributed by atoms with Gasteiger partial charge in [-0.25, -0.2) is 0 Å². The summed E-state index contributed by atoms with van der Waals surface area (Å²) in [7, 11) is 3.13. The lowest BCUT2D eigenvalue weighted by Gasteiger charge is -2.12. The van der Waals surface area contributed by atoms with Crippen LogP contribution in [0.1, 0.15) is 67.8 Å². The fraction of sp³-hybridized carbons (Fsp3) is 0.462. The summed E-state index contributed by atoms with van der Waals surface area (Å²) < 4.78 is 16.2. The molecule has 6 heteroatoms. The Balaban J connectivity index is 1.80. The standard InChI is InChI=1S/C26H35NO5/c1-4-5-6-7-8-9-10-26(29)27-18-20-11-16-24(25(17-20)31-3)32-19-23(28)21-12-14-22(30-2)15-13-21/h11-17H,4-10,18-19H2,1-3H3,(H,27,29). The molecule has 0 aliphatic heterocycles. The van der Waals surface area contributed by atoms with Crippen LogP contribution in [0.2, 0.25) is 0 Å². The minimum absolute atomic E-state index is 0.0601. The average Bonchev–Trinajstić information content (AvgIpc) is 2.83. The van der Waals surface area contributed by atoms with Crippen LogP contribution in [-0.2, 0) is 11.3 Å². The molecule has 0 aliphatic rings. The van der Waals surface area contributed by atoms with Crippen molar-refractivity contribution in [3.63, 3.8) is 0 Å². The van der Waals surface area contributed by atoms with Gasteiger partial charge in [0.05, 0.1) is 14.2 Å². The lowest BCUT2D eigenvalue weighted by atomic mass is 10.1. The highest BCUT2D eigenvalue weighted by Gasteiger charge is 2.11. The predicted molar refractivity (Wildman–Crippen MR) is 126 cm³/mol. The lowest BCUT2D eigenvalue weighted by molar-refractivity contribution is -0.121. The molecular formula is C26H35NO5. The van der Waals surface area contributed by atoms with Gasteiger partial charge >= 0.3 is 0 Å². The van der Waals surface area contributed by atoms with E-state index in [1.165, 1.54) is 25.7 Å². The molecule has 0 saturated carbocycles. The summed E-state index contributed by atoms with van der Waals surface area (Å²) in [6.07, 6.45) is 7.52. The summed E-state index contributed by atoms with van der Waals surface area (Å²) in [5.74, 6) is 1.62. The van der Waals surface area contributed by atoms with Gasteiger partial charge in [-0.2, -0.15) is 0 Å². The van der Waals surface area contributed by atoms with E-state index in [0.717, 1.165) is 18.4 Å². The lowest BCUT2D eigenvalue weighted by Crippen LogP contribution is -2.22. The maximum Gasteiger partial charge on any atom is 0.220 e. The molecule has 2 rings (SSSR count). The van der Waals surface area contributed by atoms with E-state index in [9.17, 15) is 9.59 Å². The molecule has 6 nitrogen and oxygen atoms in total. The number of nitrogens with one attached hydrogen (secondary N) is 1. The van der Waals surface area contributed by atoms with Gasteiger partial charge in [-0.1, -0.05) is 45.1 Å². The van der Waals surface area contributed by atoms with Crippen LogP contribution in [0.15, 0.2) is 42.5 Å². The van der Waals surface area contributed by atoms with E-state index in [4.69, 9.17) is 14.2 Å². The van der Waals surface area contributed by atoms with E-state index in [-0.39, 0.29) is 18.3 Å². The summed E-state index contributed by atoms with van der Waals surface area (Å²) in [5, 5.41) is 2.95. The van der Waals surface area contributed by atoms with Gasteiger partial charge in [0, 0.05) is 18.5 Å². The van der Waals surface area contributed by atoms with Crippen molar-refractivity contribution in [1.29, 1.82) is 0 Å². The average molecular weight is 442 g/mol. The Hall–Kier alpha value is -3.02. The molecule has 0 aromatic heterocycles. The monoisotopic (exact) mass is 441 g/mol. The van der Waals surface area contributed by atoms with E-state index in [1.807, 2.05) is 12.1 Å². The van der Waals surface area contributed by atoms with Crippen molar-refractivity contribution >= 4 is 11.7 Å². The molecule has 0 fully saturated rings. The third-order valence-electron chi connectivity index (χ3n) is 5.25. The Morgan fingerprint density at radius 2 is 1.56 bits per heavy atom. The largest absolute Gasteiger partial charge is 0.497 e. The van der Waals surface area contributed by atoms with Crippen LogP contribution in [0.3, 0.4) is 0 Å². The highest BCUT2D eigenvalue weighted by atomic mass is 16.5. The zero-order valence-electron chi connectivity index (χ0n) is 19.4. The number of amides is 1. The first kappa shape index (κ1) is 25.2. The summed E-state index contributed by atoms with van der Waals surface area (Å²) in [5.41, 5.74) is 1.46. The number of methoxy groups -OCH3 is 2. The number of ketones is 1. The number of ether oxygens (including phenoxy) is 3. The number of unbranched alkanes of at least 4 members (excludes halogenated alkanes) is 5. The van der Waals surface area contributed by atoms with Crippen LogP contribution in [-0.4, -0.2) is 32.5 Å². The van der Waals surface area contributed by atoms with Crippen molar-refractivity contribution < 1.29 is 23.8 Å². The number of hydrogen-bond acceptors (Lipinski definition) is 5. The molecule has 0 radical (unpaired) electrons. The number of rotatable bonds is 15. The van der Waals surface area contributed by atoms with E-state index >= 15 is 0 Å². The van der Waals surface area contributed by atoms with Gasteiger partial charge in [-0.3, -0.25) is 9.59 Å². The number of carbonyl (C=O) groups is 2. The van der Waals surface area contributed by atoms with Crippen LogP contribution in [0.5, 0.6) is 17.2 Å². The quantitative estimate of drug-likeness (QED) is 0.299. The summed E-state index contributed by atoms with van der Waals surface area (Å²) in [4.78, 5) is 24.4.